The summed E-state index contributed by atoms with van der Waals surface area (Å²) in [6, 6.07) is 15.7. The third-order valence-electron chi connectivity index (χ3n) is 3.76. The van der Waals surface area contributed by atoms with E-state index in [0.717, 1.165) is 17.5 Å². The first kappa shape index (κ1) is 15.2. The highest BCUT2D eigenvalue weighted by Crippen LogP contribution is 2.22. The lowest BCUT2D eigenvalue weighted by molar-refractivity contribution is -0.385. The first-order chi connectivity index (χ1) is 10.1. The van der Waals surface area contributed by atoms with E-state index in [2.05, 4.69) is 24.4 Å². The quantitative estimate of drug-likeness (QED) is 0.640. The molecule has 0 amide bonds. The summed E-state index contributed by atoms with van der Waals surface area (Å²) in [6.45, 7) is 4.56. The minimum atomic E-state index is -0.326. The van der Waals surface area contributed by atoms with Crippen molar-refractivity contribution in [1.29, 1.82) is 0 Å². The maximum Gasteiger partial charge on any atom is 0.272 e. The Labute approximate surface area is 125 Å². The molecule has 1 atom stereocenters. The summed E-state index contributed by atoms with van der Waals surface area (Å²) in [5, 5.41) is 14.5. The smallest absolute Gasteiger partial charge is 0.272 e. The number of nitro groups is 1. The van der Waals surface area contributed by atoms with Gasteiger partial charge in [-0.1, -0.05) is 49.4 Å². The zero-order chi connectivity index (χ0) is 15.2. The molecule has 110 valence electrons. The predicted molar refractivity (Wildman–Crippen MR) is 84.1 cm³/mol. The Hall–Kier alpha value is -2.20. The van der Waals surface area contributed by atoms with E-state index in [0.29, 0.717) is 6.54 Å². The minimum absolute atomic E-state index is 0.182. The van der Waals surface area contributed by atoms with Crippen molar-refractivity contribution in [2.45, 2.75) is 32.9 Å². The maximum atomic E-state index is 11.0. The standard InChI is InChI=1S/C17H20N2O2/c1-3-16(14-8-5-4-6-9-14)18-12-15-10-7-11-17(13(15)2)19(20)21/h4-11,16,18H,3,12H2,1-2H3. The number of hydrogen-bond donors (Lipinski definition) is 1. The van der Waals surface area contributed by atoms with Crippen LogP contribution >= 0.6 is 0 Å². The fraction of sp³-hybridized carbons (Fsp3) is 0.294. The zero-order valence-electron chi connectivity index (χ0n) is 12.4. The summed E-state index contributed by atoms with van der Waals surface area (Å²) < 4.78 is 0. The fourth-order valence-electron chi connectivity index (χ4n) is 2.48. The van der Waals surface area contributed by atoms with Gasteiger partial charge < -0.3 is 5.32 Å². The highest BCUT2D eigenvalue weighted by atomic mass is 16.6. The van der Waals surface area contributed by atoms with Crippen LogP contribution in [0.25, 0.3) is 0 Å². The van der Waals surface area contributed by atoms with Crippen LogP contribution in [0, 0.1) is 17.0 Å². The van der Waals surface area contributed by atoms with Crippen molar-refractivity contribution in [2.24, 2.45) is 0 Å². The van der Waals surface area contributed by atoms with E-state index in [4.69, 9.17) is 0 Å². The third kappa shape index (κ3) is 3.67. The molecule has 4 nitrogen and oxygen atoms in total. The molecule has 0 heterocycles. The average molecular weight is 284 g/mol. The van der Waals surface area contributed by atoms with Gasteiger partial charge in [0.15, 0.2) is 0 Å². The van der Waals surface area contributed by atoms with E-state index in [1.165, 1.54) is 5.56 Å². The molecule has 0 aliphatic carbocycles. The van der Waals surface area contributed by atoms with Gasteiger partial charge in [0.25, 0.3) is 5.69 Å². The van der Waals surface area contributed by atoms with Crippen molar-refractivity contribution in [3.63, 3.8) is 0 Å². The second kappa shape index (κ2) is 6.99. The molecule has 0 bridgehead atoms. The van der Waals surface area contributed by atoms with Gasteiger partial charge in [0.2, 0.25) is 0 Å². The number of nitro benzene ring substituents is 1. The molecule has 21 heavy (non-hydrogen) atoms. The molecule has 1 unspecified atom stereocenters. The van der Waals surface area contributed by atoms with Crippen LogP contribution in [0.2, 0.25) is 0 Å². The molecule has 0 fully saturated rings. The highest BCUT2D eigenvalue weighted by Gasteiger charge is 2.14. The van der Waals surface area contributed by atoms with Gasteiger partial charge in [-0.15, -0.1) is 0 Å². The summed E-state index contributed by atoms with van der Waals surface area (Å²) >= 11 is 0. The normalized spacial score (nSPS) is 12.1. The molecule has 0 aliphatic rings. The lowest BCUT2D eigenvalue weighted by Crippen LogP contribution is -2.20. The molecule has 0 spiro atoms. The number of nitrogens with zero attached hydrogens (tertiary/aromatic N) is 1. The van der Waals surface area contributed by atoms with E-state index in [-0.39, 0.29) is 16.7 Å². The van der Waals surface area contributed by atoms with Crippen LogP contribution in [0.1, 0.15) is 36.1 Å². The van der Waals surface area contributed by atoms with Crippen LogP contribution in [-0.2, 0) is 6.54 Å². The first-order valence-electron chi connectivity index (χ1n) is 7.14. The van der Waals surface area contributed by atoms with Crippen LogP contribution in [-0.4, -0.2) is 4.92 Å². The van der Waals surface area contributed by atoms with Crippen molar-refractivity contribution in [3.05, 3.63) is 75.3 Å². The summed E-state index contributed by atoms with van der Waals surface area (Å²) in [4.78, 5) is 10.6. The molecule has 0 aliphatic heterocycles. The van der Waals surface area contributed by atoms with E-state index < -0.39 is 0 Å². The Kier molecular flexibility index (Phi) is 5.06. The van der Waals surface area contributed by atoms with Crippen LogP contribution in [0.15, 0.2) is 48.5 Å². The molecule has 0 radical (unpaired) electrons. The van der Waals surface area contributed by atoms with Gasteiger partial charge in [-0.05, 0) is 24.5 Å². The van der Waals surface area contributed by atoms with E-state index >= 15 is 0 Å². The molecule has 1 N–H and O–H groups in total. The van der Waals surface area contributed by atoms with Crippen LogP contribution in [0.3, 0.4) is 0 Å². The predicted octanol–water partition coefficient (Wildman–Crippen LogP) is 4.14. The average Bonchev–Trinajstić information content (AvgIpc) is 2.50. The van der Waals surface area contributed by atoms with Gasteiger partial charge >= 0.3 is 0 Å². The highest BCUT2D eigenvalue weighted by molar-refractivity contribution is 5.44. The molecule has 0 saturated carbocycles. The lowest BCUT2D eigenvalue weighted by Gasteiger charge is -2.18. The number of hydrogen-bond acceptors (Lipinski definition) is 3. The Morgan fingerprint density at radius 1 is 1.14 bits per heavy atom. The summed E-state index contributed by atoms with van der Waals surface area (Å²) in [7, 11) is 0. The van der Waals surface area contributed by atoms with Crippen molar-refractivity contribution in [2.75, 3.05) is 0 Å². The van der Waals surface area contributed by atoms with Gasteiger partial charge in [-0.25, -0.2) is 0 Å². The van der Waals surface area contributed by atoms with Crippen molar-refractivity contribution in [1.82, 2.24) is 5.32 Å². The van der Waals surface area contributed by atoms with E-state index in [1.54, 1.807) is 19.1 Å². The Morgan fingerprint density at radius 2 is 1.86 bits per heavy atom. The minimum Gasteiger partial charge on any atom is -0.306 e. The second-order valence-electron chi connectivity index (χ2n) is 5.07. The first-order valence-corrected chi connectivity index (χ1v) is 7.14. The second-order valence-corrected chi connectivity index (χ2v) is 5.07. The number of rotatable bonds is 6. The van der Waals surface area contributed by atoms with E-state index in [1.807, 2.05) is 24.3 Å². The topological polar surface area (TPSA) is 55.2 Å². The Balaban J connectivity index is 2.12. The zero-order valence-corrected chi connectivity index (χ0v) is 12.4. The summed E-state index contributed by atoms with van der Waals surface area (Å²) in [5.74, 6) is 0. The molecule has 2 rings (SSSR count). The molecule has 2 aromatic carbocycles. The van der Waals surface area contributed by atoms with Gasteiger partial charge in [0, 0.05) is 24.2 Å². The monoisotopic (exact) mass is 284 g/mol. The Bertz CT molecular complexity index is 611. The van der Waals surface area contributed by atoms with Crippen LogP contribution in [0.4, 0.5) is 5.69 Å². The molecular formula is C17H20N2O2. The lowest BCUT2D eigenvalue weighted by atomic mass is 10.0. The maximum absolute atomic E-state index is 11.0. The van der Waals surface area contributed by atoms with Gasteiger partial charge in [0.1, 0.15) is 0 Å². The largest absolute Gasteiger partial charge is 0.306 e. The third-order valence-corrected chi connectivity index (χ3v) is 3.76. The SMILES string of the molecule is CCC(NCc1cccc([N+](=O)[O-])c1C)c1ccccc1. The summed E-state index contributed by atoms with van der Waals surface area (Å²) in [6.07, 6.45) is 0.970. The Morgan fingerprint density at radius 3 is 2.48 bits per heavy atom. The number of nitrogens with one attached hydrogen (secondary N) is 1. The van der Waals surface area contributed by atoms with Crippen molar-refractivity contribution >= 4 is 5.69 Å². The van der Waals surface area contributed by atoms with Gasteiger partial charge in [0.05, 0.1) is 4.92 Å². The molecular weight excluding hydrogens is 264 g/mol. The molecule has 0 aromatic heterocycles. The van der Waals surface area contributed by atoms with Crippen LogP contribution < -0.4 is 5.32 Å². The molecule has 4 heteroatoms. The van der Waals surface area contributed by atoms with Crippen molar-refractivity contribution < 1.29 is 4.92 Å². The van der Waals surface area contributed by atoms with Crippen LogP contribution in [0.5, 0.6) is 0 Å². The fourth-order valence-corrected chi connectivity index (χ4v) is 2.48. The van der Waals surface area contributed by atoms with Gasteiger partial charge in [-0.2, -0.15) is 0 Å². The summed E-state index contributed by atoms with van der Waals surface area (Å²) in [5.41, 5.74) is 3.13. The molecule has 2 aromatic rings. The molecule has 0 saturated heterocycles. The number of benzene rings is 2. The van der Waals surface area contributed by atoms with Gasteiger partial charge in [-0.3, -0.25) is 10.1 Å². The van der Waals surface area contributed by atoms with E-state index in [9.17, 15) is 10.1 Å². The van der Waals surface area contributed by atoms with Crippen molar-refractivity contribution in [3.8, 4) is 0 Å².